The van der Waals surface area contributed by atoms with E-state index in [0.717, 1.165) is 41.8 Å². The van der Waals surface area contributed by atoms with Crippen molar-refractivity contribution in [2.45, 2.75) is 26.3 Å². The van der Waals surface area contributed by atoms with E-state index < -0.39 is 5.91 Å². The van der Waals surface area contributed by atoms with E-state index in [-0.39, 0.29) is 0 Å². The molecule has 0 fully saturated rings. The number of hydrogen-bond acceptors (Lipinski definition) is 3. The monoisotopic (exact) mass is 411 g/mol. The second kappa shape index (κ2) is 9.41. The Kier molecular flexibility index (Phi) is 6.24. The number of carbonyl (C=O) groups is 1. The first kappa shape index (κ1) is 20.6. The van der Waals surface area contributed by atoms with E-state index in [2.05, 4.69) is 47.9 Å². The van der Waals surface area contributed by atoms with E-state index >= 15 is 0 Å². The van der Waals surface area contributed by atoms with Crippen LogP contribution < -0.4 is 5.48 Å². The molecule has 5 nitrogen and oxygen atoms in total. The van der Waals surface area contributed by atoms with Gasteiger partial charge in [-0.15, -0.1) is 0 Å². The molecule has 2 N–H and O–H groups in total. The summed E-state index contributed by atoms with van der Waals surface area (Å²) in [5.41, 5.74) is 8.21. The number of nitrogens with one attached hydrogen (secondary N) is 1. The molecule has 1 amide bonds. The number of fused-ring (bicyclic) bond motifs is 1. The third kappa shape index (κ3) is 5.08. The Balaban J connectivity index is 1.70. The molecule has 1 aromatic heterocycles. The normalized spacial score (nSPS) is 11.3. The van der Waals surface area contributed by atoms with Gasteiger partial charge in [0.15, 0.2) is 0 Å². The molecule has 0 aliphatic carbocycles. The zero-order valence-electron chi connectivity index (χ0n) is 17.5. The first-order valence-corrected chi connectivity index (χ1v) is 10.3. The van der Waals surface area contributed by atoms with Crippen molar-refractivity contribution in [3.63, 3.8) is 0 Å². The summed E-state index contributed by atoms with van der Waals surface area (Å²) in [6, 6.07) is 24.9. The van der Waals surface area contributed by atoms with Crippen LogP contribution in [0.15, 0.2) is 78.9 Å². The number of carbonyl (C=O) groups excluding carboxylic acids is 1. The predicted molar refractivity (Wildman–Crippen MR) is 123 cm³/mol. The van der Waals surface area contributed by atoms with Crippen LogP contribution in [0.4, 0.5) is 0 Å². The number of aromatic nitrogens is 2. The average Bonchev–Trinajstić information content (AvgIpc) is 3.13. The summed E-state index contributed by atoms with van der Waals surface area (Å²) in [5, 5.41) is 8.70. The maximum atomic E-state index is 11.3. The van der Waals surface area contributed by atoms with Gasteiger partial charge < -0.3 is 4.57 Å². The minimum absolute atomic E-state index is 0.559. The summed E-state index contributed by atoms with van der Waals surface area (Å²) in [6.45, 7) is 2.84. The van der Waals surface area contributed by atoms with E-state index in [0.29, 0.717) is 0 Å². The molecular weight excluding hydrogens is 386 g/mol. The number of rotatable bonds is 7. The van der Waals surface area contributed by atoms with Gasteiger partial charge in [0.2, 0.25) is 0 Å². The largest absolute Gasteiger partial charge is 0.323 e. The van der Waals surface area contributed by atoms with Gasteiger partial charge in [-0.1, -0.05) is 66.2 Å². The number of aryl methyl sites for hydroxylation is 3. The summed E-state index contributed by atoms with van der Waals surface area (Å²) >= 11 is 0. The fourth-order valence-electron chi connectivity index (χ4n) is 3.76. The fraction of sp³-hybridized carbons (Fsp3) is 0.154. The van der Waals surface area contributed by atoms with Crippen LogP contribution in [0.25, 0.3) is 17.1 Å². The first-order chi connectivity index (χ1) is 15.1. The Labute approximate surface area is 181 Å². The Morgan fingerprint density at radius 3 is 2.58 bits per heavy atom. The van der Waals surface area contributed by atoms with E-state index in [4.69, 9.17) is 10.2 Å². The molecule has 0 saturated heterocycles. The highest BCUT2D eigenvalue weighted by atomic mass is 16.5. The number of imidazole rings is 1. The van der Waals surface area contributed by atoms with E-state index in [1.54, 1.807) is 11.6 Å². The highest BCUT2D eigenvalue weighted by molar-refractivity contribution is 5.91. The highest BCUT2D eigenvalue weighted by Crippen LogP contribution is 2.22. The molecule has 4 rings (SSSR count). The molecule has 0 radical (unpaired) electrons. The van der Waals surface area contributed by atoms with Gasteiger partial charge in [0.25, 0.3) is 5.91 Å². The second-order valence-corrected chi connectivity index (χ2v) is 7.65. The Hall–Kier alpha value is -3.70. The van der Waals surface area contributed by atoms with Gasteiger partial charge in [-0.3, -0.25) is 10.0 Å². The lowest BCUT2D eigenvalue weighted by molar-refractivity contribution is -0.124. The van der Waals surface area contributed by atoms with Crippen molar-refractivity contribution in [2.24, 2.45) is 0 Å². The SMILES string of the molecule is Cc1cccc(CCc2nc3ccc(/C=C/C(=O)NO)cc3n2Cc2ccccc2)c1. The van der Waals surface area contributed by atoms with Crippen LogP contribution in [0.3, 0.4) is 0 Å². The number of nitrogens with zero attached hydrogens (tertiary/aromatic N) is 2. The first-order valence-electron chi connectivity index (χ1n) is 10.3. The lowest BCUT2D eigenvalue weighted by Gasteiger charge is -2.10. The molecule has 156 valence electrons. The molecule has 0 aliphatic rings. The van der Waals surface area contributed by atoms with Gasteiger partial charge in [0.1, 0.15) is 5.82 Å². The van der Waals surface area contributed by atoms with Crippen molar-refractivity contribution in [3.8, 4) is 0 Å². The van der Waals surface area contributed by atoms with Gasteiger partial charge in [0, 0.05) is 19.0 Å². The molecule has 0 aliphatic heterocycles. The summed E-state index contributed by atoms with van der Waals surface area (Å²) in [7, 11) is 0. The number of amides is 1. The second-order valence-electron chi connectivity index (χ2n) is 7.65. The van der Waals surface area contributed by atoms with Gasteiger partial charge in [-0.25, -0.2) is 10.5 Å². The molecule has 5 heteroatoms. The Bertz CT molecular complexity index is 1230. The van der Waals surface area contributed by atoms with Crippen LogP contribution in [0, 0.1) is 6.92 Å². The van der Waals surface area contributed by atoms with E-state index in [1.165, 1.54) is 22.8 Å². The molecule has 0 bridgehead atoms. The van der Waals surface area contributed by atoms with Crippen LogP contribution in [0.5, 0.6) is 0 Å². The number of benzene rings is 3. The zero-order chi connectivity index (χ0) is 21.6. The molecule has 0 spiro atoms. The Morgan fingerprint density at radius 1 is 1.00 bits per heavy atom. The molecule has 0 atom stereocenters. The van der Waals surface area contributed by atoms with Gasteiger partial charge in [-0.05, 0) is 48.2 Å². The van der Waals surface area contributed by atoms with Gasteiger partial charge in [0.05, 0.1) is 11.0 Å². The number of hydrogen-bond donors (Lipinski definition) is 2. The van der Waals surface area contributed by atoms with E-state index in [1.807, 2.05) is 36.4 Å². The smallest absolute Gasteiger partial charge is 0.267 e. The van der Waals surface area contributed by atoms with Gasteiger partial charge in [-0.2, -0.15) is 0 Å². The molecule has 0 saturated carbocycles. The molecule has 1 heterocycles. The van der Waals surface area contributed by atoms with Crippen LogP contribution in [-0.2, 0) is 24.2 Å². The average molecular weight is 412 g/mol. The fourth-order valence-corrected chi connectivity index (χ4v) is 3.76. The molecule has 3 aromatic carbocycles. The summed E-state index contributed by atoms with van der Waals surface area (Å²) < 4.78 is 2.25. The predicted octanol–water partition coefficient (Wildman–Crippen LogP) is 4.70. The van der Waals surface area contributed by atoms with Crippen LogP contribution in [-0.4, -0.2) is 20.7 Å². The van der Waals surface area contributed by atoms with Crippen LogP contribution in [0.1, 0.15) is 28.1 Å². The van der Waals surface area contributed by atoms with Crippen LogP contribution >= 0.6 is 0 Å². The van der Waals surface area contributed by atoms with Crippen molar-refractivity contribution < 1.29 is 10.0 Å². The minimum atomic E-state index is -0.559. The highest BCUT2D eigenvalue weighted by Gasteiger charge is 2.12. The standard InChI is InChI=1S/C26H25N3O2/c1-19-6-5-9-20(16-19)11-14-25-27-23-13-10-21(12-15-26(30)28-31)17-24(23)29(25)18-22-7-3-2-4-8-22/h2-10,12-13,15-17,31H,11,14,18H2,1H3,(H,28,30)/b15-12+. The molecule has 31 heavy (non-hydrogen) atoms. The van der Waals surface area contributed by atoms with Crippen LogP contribution in [0.2, 0.25) is 0 Å². The summed E-state index contributed by atoms with van der Waals surface area (Å²) in [6.07, 6.45) is 4.74. The van der Waals surface area contributed by atoms with E-state index in [9.17, 15) is 4.79 Å². The third-order valence-corrected chi connectivity index (χ3v) is 5.29. The Morgan fingerprint density at radius 2 is 1.81 bits per heavy atom. The maximum Gasteiger partial charge on any atom is 0.267 e. The third-order valence-electron chi connectivity index (χ3n) is 5.29. The summed E-state index contributed by atoms with van der Waals surface area (Å²) in [4.78, 5) is 16.3. The lowest BCUT2D eigenvalue weighted by atomic mass is 10.1. The summed E-state index contributed by atoms with van der Waals surface area (Å²) in [5.74, 6) is 0.478. The van der Waals surface area contributed by atoms with Crippen molar-refractivity contribution in [1.82, 2.24) is 15.0 Å². The van der Waals surface area contributed by atoms with Crippen molar-refractivity contribution in [2.75, 3.05) is 0 Å². The molecule has 4 aromatic rings. The lowest BCUT2D eigenvalue weighted by Crippen LogP contribution is -2.14. The van der Waals surface area contributed by atoms with Crippen molar-refractivity contribution in [1.29, 1.82) is 0 Å². The van der Waals surface area contributed by atoms with Crippen molar-refractivity contribution >= 4 is 23.0 Å². The molecule has 0 unspecified atom stereocenters. The minimum Gasteiger partial charge on any atom is -0.323 e. The molecular formula is C26H25N3O2. The quantitative estimate of drug-likeness (QED) is 0.263. The van der Waals surface area contributed by atoms with Gasteiger partial charge >= 0.3 is 0 Å². The van der Waals surface area contributed by atoms with Crippen molar-refractivity contribution in [3.05, 3.63) is 107 Å². The maximum absolute atomic E-state index is 11.3. The zero-order valence-corrected chi connectivity index (χ0v) is 17.5. The number of hydroxylamine groups is 1. The topological polar surface area (TPSA) is 67.2 Å².